The van der Waals surface area contributed by atoms with Gasteiger partial charge in [-0.2, -0.15) is 26.3 Å². The Kier molecular flexibility index (Phi) is 6.32. The third-order valence-corrected chi connectivity index (χ3v) is 5.85. The number of aromatic nitrogens is 3. The first-order valence-electron chi connectivity index (χ1n) is 11.2. The minimum atomic E-state index is -4.62. The van der Waals surface area contributed by atoms with Gasteiger partial charge in [-0.05, 0) is 54.6 Å². The van der Waals surface area contributed by atoms with Crippen molar-refractivity contribution in [2.24, 2.45) is 0 Å². The van der Waals surface area contributed by atoms with E-state index in [-0.39, 0.29) is 17.0 Å². The number of benzene rings is 1. The number of pyridine rings is 3. The number of fused-ring (bicyclic) bond motifs is 1. The number of halogens is 6. The summed E-state index contributed by atoms with van der Waals surface area (Å²) in [6, 6.07) is 11.5. The maximum absolute atomic E-state index is 13.6. The van der Waals surface area contributed by atoms with E-state index < -0.39 is 23.5 Å². The number of nitrogens with zero attached hydrogens (tertiary/aromatic N) is 4. The van der Waals surface area contributed by atoms with Gasteiger partial charge in [0.1, 0.15) is 5.69 Å². The summed E-state index contributed by atoms with van der Waals surface area (Å²) in [5.41, 5.74) is -0.280. The van der Waals surface area contributed by atoms with E-state index in [1.165, 1.54) is 30.5 Å². The van der Waals surface area contributed by atoms with Gasteiger partial charge in [0.25, 0.3) is 0 Å². The summed E-state index contributed by atoms with van der Waals surface area (Å²) in [6.45, 7) is 1.89. The number of anilines is 2. The van der Waals surface area contributed by atoms with E-state index in [0.29, 0.717) is 29.0 Å². The molecule has 4 heterocycles. The summed E-state index contributed by atoms with van der Waals surface area (Å²) in [7, 11) is 0. The van der Waals surface area contributed by atoms with Crippen molar-refractivity contribution in [2.45, 2.75) is 18.9 Å². The molecule has 3 aromatic heterocycles. The number of nitrogens with one attached hydrogen (secondary N) is 1. The average molecular weight is 515 g/mol. The minimum absolute atomic E-state index is 0.00777. The molecule has 0 bridgehead atoms. The lowest BCUT2D eigenvalue weighted by Gasteiger charge is -2.17. The summed E-state index contributed by atoms with van der Waals surface area (Å²) in [5, 5.41) is 3.61. The predicted octanol–water partition coefficient (Wildman–Crippen LogP) is 6.84. The molecule has 0 unspecified atom stereocenters. The van der Waals surface area contributed by atoms with Crippen molar-refractivity contribution in [3.8, 4) is 11.4 Å². The molecule has 5 rings (SSSR count). The van der Waals surface area contributed by atoms with E-state index in [9.17, 15) is 26.3 Å². The molecule has 0 saturated carbocycles. The molecule has 190 valence electrons. The summed E-state index contributed by atoms with van der Waals surface area (Å²) in [4.78, 5) is 15.0. The zero-order valence-electron chi connectivity index (χ0n) is 19.1. The van der Waals surface area contributed by atoms with Crippen molar-refractivity contribution in [3.05, 3.63) is 89.8 Å². The van der Waals surface area contributed by atoms with Crippen LogP contribution in [0.4, 0.5) is 37.7 Å². The molecule has 11 heteroatoms. The number of alkyl halides is 6. The second-order valence-corrected chi connectivity index (χ2v) is 8.49. The topological polar surface area (TPSA) is 53.9 Å². The minimum Gasteiger partial charge on any atom is -0.355 e. The second kappa shape index (κ2) is 9.47. The van der Waals surface area contributed by atoms with Crippen LogP contribution in [0.15, 0.2) is 72.9 Å². The highest BCUT2D eigenvalue weighted by Gasteiger charge is 2.35. The van der Waals surface area contributed by atoms with Gasteiger partial charge in [-0.1, -0.05) is 12.2 Å². The van der Waals surface area contributed by atoms with Gasteiger partial charge >= 0.3 is 12.4 Å². The highest BCUT2D eigenvalue weighted by molar-refractivity contribution is 5.92. The molecular weight excluding hydrogens is 496 g/mol. The lowest BCUT2D eigenvalue weighted by molar-refractivity contribution is -0.138. The van der Waals surface area contributed by atoms with Gasteiger partial charge in [-0.3, -0.25) is 9.88 Å². The third-order valence-electron chi connectivity index (χ3n) is 5.85. The van der Waals surface area contributed by atoms with E-state index in [0.717, 1.165) is 31.3 Å². The predicted molar refractivity (Wildman–Crippen MR) is 127 cm³/mol. The Balaban J connectivity index is 1.57. The first-order chi connectivity index (χ1) is 17.6. The molecule has 0 aliphatic carbocycles. The van der Waals surface area contributed by atoms with Gasteiger partial charge in [0.15, 0.2) is 5.65 Å². The van der Waals surface area contributed by atoms with Crippen LogP contribution < -0.4 is 5.32 Å². The Hall–Kier alpha value is -3.99. The lowest BCUT2D eigenvalue weighted by atomic mass is 10.1. The molecule has 5 nitrogen and oxygen atoms in total. The van der Waals surface area contributed by atoms with Gasteiger partial charge < -0.3 is 5.32 Å². The summed E-state index contributed by atoms with van der Waals surface area (Å²) < 4.78 is 79.6. The standard InChI is InChI=1S/C26H19F6N5/c27-25(28,29)16-5-7-17(8-6-16)34-22-14-18(15-37-12-1-2-13-37)35-24-19(22)9-10-21(36-24)23-20(26(30,31)32)4-3-11-33-23/h1-11,14H,12-13,15H2,(H,34,35,36). The fraction of sp³-hybridized carbons (Fsp3) is 0.192. The van der Waals surface area contributed by atoms with E-state index >= 15 is 0 Å². The molecule has 0 radical (unpaired) electrons. The van der Waals surface area contributed by atoms with Gasteiger partial charge in [0.2, 0.25) is 0 Å². The number of rotatable bonds is 5. The van der Waals surface area contributed by atoms with Gasteiger partial charge in [0, 0.05) is 36.9 Å². The van der Waals surface area contributed by atoms with Crippen LogP contribution in [-0.4, -0.2) is 32.9 Å². The Labute approximate surface area is 207 Å². The normalized spacial score (nSPS) is 14.4. The molecule has 1 N–H and O–H groups in total. The van der Waals surface area contributed by atoms with Gasteiger partial charge in [0.05, 0.1) is 28.2 Å². The molecule has 37 heavy (non-hydrogen) atoms. The molecule has 0 saturated heterocycles. The molecular formula is C26H19F6N5. The average Bonchev–Trinajstić information content (AvgIpc) is 3.36. The molecule has 0 fully saturated rings. The Morgan fingerprint density at radius 2 is 1.57 bits per heavy atom. The molecule has 0 atom stereocenters. The highest BCUT2D eigenvalue weighted by Crippen LogP contribution is 2.36. The van der Waals surface area contributed by atoms with E-state index in [1.54, 1.807) is 12.1 Å². The van der Waals surface area contributed by atoms with Crippen LogP contribution in [-0.2, 0) is 18.9 Å². The van der Waals surface area contributed by atoms with Crippen molar-refractivity contribution < 1.29 is 26.3 Å². The maximum atomic E-state index is 13.6. The van der Waals surface area contributed by atoms with E-state index in [2.05, 4.69) is 25.2 Å². The molecule has 1 aromatic carbocycles. The van der Waals surface area contributed by atoms with Crippen molar-refractivity contribution in [1.82, 2.24) is 19.9 Å². The monoisotopic (exact) mass is 515 g/mol. The van der Waals surface area contributed by atoms with Crippen molar-refractivity contribution in [1.29, 1.82) is 0 Å². The van der Waals surface area contributed by atoms with Crippen LogP contribution >= 0.6 is 0 Å². The number of hydrogen-bond acceptors (Lipinski definition) is 5. The zero-order chi connectivity index (χ0) is 26.2. The fourth-order valence-electron chi connectivity index (χ4n) is 4.09. The maximum Gasteiger partial charge on any atom is 0.418 e. The molecule has 1 aliphatic heterocycles. The summed E-state index contributed by atoms with van der Waals surface area (Å²) in [6.07, 6.45) is -3.79. The molecule has 0 spiro atoms. The number of hydrogen-bond donors (Lipinski definition) is 1. The van der Waals surface area contributed by atoms with Gasteiger partial charge in [-0.25, -0.2) is 9.97 Å². The highest BCUT2D eigenvalue weighted by atomic mass is 19.4. The first kappa shape index (κ1) is 24.7. The van der Waals surface area contributed by atoms with E-state index in [4.69, 9.17) is 0 Å². The smallest absolute Gasteiger partial charge is 0.355 e. The Morgan fingerprint density at radius 1 is 0.838 bits per heavy atom. The zero-order valence-corrected chi connectivity index (χ0v) is 19.1. The summed E-state index contributed by atoms with van der Waals surface area (Å²) in [5.74, 6) is 0. The first-order valence-corrected chi connectivity index (χ1v) is 11.2. The van der Waals surface area contributed by atoms with Crippen LogP contribution in [0.3, 0.4) is 0 Å². The Bertz CT molecular complexity index is 1450. The van der Waals surface area contributed by atoms with Crippen molar-refractivity contribution in [3.63, 3.8) is 0 Å². The van der Waals surface area contributed by atoms with Crippen LogP contribution in [0.2, 0.25) is 0 Å². The van der Waals surface area contributed by atoms with Crippen LogP contribution in [0.25, 0.3) is 22.4 Å². The van der Waals surface area contributed by atoms with Crippen LogP contribution in [0, 0.1) is 0 Å². The molecule has 0 amide bonds. The second-order valence-electron chi connectivity index (χ2n) is 8.49. The van der Waals surface area contributed by atoms with Crippen LogP contribution in [0.1, 0.15) is 16.8 Å². The Morgan fingerprint density at radius 3 is 2.24 bits per heavy atom. The molecule has 1 aliphatic rings. The lowest BCUT2D eigenvalue weighted by Crippen LogP contribution is -2.20. The van der Waals surface area contributed by atoms with E-state index in [1.807, 2.05) is 12.2 Å². The largest absolute Gasteiger partial charge is 0.418 e. The SMILES string of the molecule is FC(F)(F)c1ccc(Nc2cc(CN3CC=CC3)nc3nc(-c4ncccc4C(F)(F)F)ccc23)cc1. The van der Waals surface area contributed by atoms with Crippen molar-refractivity contribution >= 4 is 22.4 Å². The third kappa shape index (κ3) is 5.41. The fourth-order valence-corrected chi connectivity index (χ4v) is 4.09. The van der Waals surface area contributed by atoms with Gasteiger partial charge in [-0.15, -0.1) is 0 Å². The molecule has 4 aromatic rings. The quantitative estimate of drug-likeness (QED) is 0.233. The summed E-state index contributed by atoms with van der Waals surface area (Å²) >= 11 is 0. The van der Waals surface area contributed by atoms with Crippen molar-refractivity contribution in [2.75, 3.05) is 18.4 Å². The van der Waals surface area contributed by atoms with Crippen LogP contribution in [0.5, 0.6) is 0 Å².